The van der Waals surface area contributed by atoms with Crippen molar-refractivity contribution in [2.75, 3.05) is 11.4 Å². The molecule has 0 radical (unpaired) electrons. The van der Waals surface area contributed by atoms with Crippen LogP contribution in [0.2, 0.25) is 0 Å². The van der Waals surface area contributed by atoms with E-state index in [9.17, 15) is 18.8 Å². The van der Waals surface area contributed by atoms with Crippen LogP contribution in [0.15, 0.2) is 24.3 Å². The zero-order valence-corrected chi connectivity index (χ0v) is 17.6. The van der Waals surface area contributed by atoms with Crippen LogP contribution in [0.4, 0.5) is 10.1 Å². The summed E-state index contributed by atoms with van der Waals surface area (Å²) in [4.78, 5) is 39.2. The van der Waals surface area contributed by atoms with Crippen molar-refractivity contribution in [1.82, 2.24) is 10.6 Å². The van der Waals surface area contributed by atoms with Crippen LogP contribution in [-0.2, 0) is 14.4 Å². The molecule has 6 unspecified atom stereocenters. The molecule has 2 saturated heterocycles. The Labute approximate surface area is 176 Å². The number of benzene rings is 1. The van der Waals surface area contributed by atoms with Crippen molar-refractivity contribution < 1.29 is 18.8 Å². The Morgan fingerprint density at radius 3 is 2.67 bits per heavy atom. The monoisotopic (exact) mass is 415 g/mol. The molecule has 30 heavy (non-hydrogen) atoms. The summed E-state index contributed by atoms with van der Waals surface area (Å²) in [7, 11) is 0. The van der Waals surface area contributed by atoms with Crippen LogP contribution in [0.3, 0.4) is 0 Å². The molecule has 1 aromatic carbocycles. The van der Waals surface area contributed by atoms with E-state index in [0.717, 1.165) is 25.7 Å². The van der Waals surface area contributed by atoms with Crippen LogP contribution in [0.25, 0.3) is 0 Å². The minimum Gasteiger partial charge on any atom is -0.353 e. The van der Waals surface area contributed by atoms with Crippen molar-refractivity contribution in [3.05, 3.63) is 30.1 Å². The van der Waals surface area contributed by atoms with Gasteiger partial charge in [0, 0.05) is 36.7 Å². The number of hydrogen-bond acceptors (Lipinski definition) is 3. The summed E-state index contributed by atoms with van der Waals surface area (Å²) in [6.45, 7) is 4.55. The zero-order valence-electron chi connectivity index (χ0n) is 17.6. The van der Waals surface area contributed by atoms with Crippen LogP contribution in [0, 0.1) is 29.5 Å². The van der Waals surface area contributed by atoms with E-state index in [0.29, 0.717) is 24.1 Å². The molecule has 2 N–H and O–H groups in total. The number of amides is 3. The number of carbonyl (C=O) groups is 3. The van der Waals surface area contributed by atoms with Crippen LogP contribution in [0.1, 0.15) is 46.0 Å². The fourth-order valence-electron chi connectivity index (χ4n) is 5.58. The van der Waals surface area contributed by atoms with E-state index < -0.39 is 5.92 Å². The topological polar surface area (TPSA) is 78.5 Å². The molecule has 1 aromatic rings. The maximum Gasteiger partial charge on any atom is 0.227 e. The highest BCUT2D eigenvalue weighted by molar-refractivity contribution is 6.00. The molecule has 7 heteroatoms. The Kier molecular flexibility index (Phi) is 5.80. The van der Waals surface area contributed by atoms with E-state index >= 15 is 0 Å². The number of carbonyl (C=O) groups excluding carboxylic acids is 3. The van der Waals surface area contributed by atoms with E-state index in [-0.39, 0.29) is 48.0 Å². The molecule has 0 aromatic heterocycles. The van der Waals surface area contributed by atoms with E-state index in [1.54, 1.807) is 17.0 Å². The van der Waals surface area contributed by atoms with Crippen LogP contribution in [-0.4, -0.2) is 36.3 Å². The number of fused-ring (bicyclic) bond motifs is 1. The quantitative estimate of drug-likeness (QED) is 0.794. The summed E-state index contributed by atoms with van der Waals surface area (Å²) >= 11 is 0. The average molecular weight is 416 g/mol. The first-order chi connectivity index (χ1) is 14.4. The third-order valence-electron chi connectivity index (χ3n) is 7.30. The molecule has 3 fully saturated rings. The minimum atomic E-state index is -0.412. The van der Waals surface area contributed by atoms with Gasteiger partial charge in [-0.25, -0.2) is 4.39 Å². The summed E-state index contributed by atoms with van der Waals surface area (Å²) in [6, 6.07) is 5.87. The molecule has 3 amide bonds. The molecule has 1 saturated carbocycles. The third-order valence-corrected chi connectivity index (χ3v) is 7.30. The van der Waals surface area contributed by atoms with Crippen LogP contribution in [0.5, 0.6) is 0 Å². The molecule has 4 rings (SSSR count). The van der Waals surface area contributed by atoms with Gasteiger partial charge < -0.3 is 15.5 Å². The highest BCUT2D eigenvalue weighted by Crippen LogP contribution is 2.39. The number of rotatable bonds is 4. The highest BCUT2D eigenvalue weighted by Gasteiger charge is 2.44. The van der Waals surface area contributed by atoms with E-state index in [2.05, 4.69) is 24.5 Å². The Morgan fingerprint density at radius 2 is 1.97 bits per heavy atom. The maximum absolute atomic E-state index is 13.2. The van der Waals surface area contributed by atoms with Crippen LogP contribution < -0.4 is 15.5 Å². The van der Waals surface area contributed by atoms with E-state index in [1.165, 1.54) is 12.1 Å². The van der Waals surface area contributed by atoms with Crippen molar-refractivity contribution in [1.29, 1.82) is 0 Å². The first kappa shape index (κ1) is 20.8. The van der Waals surface area contributed by atoms with Crippen molar-refractivity contribution >= 4 is 23.4 Å². The fraction of sp³-hybridized carbons (Fsp3) is 0.609. The molecule has 2 heterocycles. The molecule has 3 aliphatic rings. The largest absolute Gasteiger partial charge is 0.353 e. The molecule has 2 aliphatic heterocycles. The minimum absolute atomic E-state index is 0.0133. The van der Waals surface area contributed by atoms with Gasteiger partial charge in [-0.3, -0.25) is 14.4 Å². The summed E-state index contributed by atoms with van der Waals surface area (Å²) in [5.41, 5.74) is 0.613. The van der Waals surface area contributed by atoms with Gasteiger partial charge in [0.25, 0.3) is 0 Å². The van der Waals surface area contributed by atoms with Crippen molar-refractivity contribution in [2.45, 2.75) is 58.0 Å². The SMILES string of the molecule is CCC1C(=O)NC2CC(NC(=O)C3CC(=O)N(c4ccc(F)cc4)C3)CCC2C1C. The highest BCUT2D eigenvalue weighted by atomic mass is 19.1. The Balaban J connectivity index is 1.34. The van der Waals surface area contributed by atoms with E-state index in [4.69, 9.17) is 0 Å². The first-order valence-corrected chi connectivity index (χ1v) is 11.0. The molecule has 162 valence electrons. The predicted octanol–water partition coefficient (Wildman–Crippen LogP) is 2.62. The predicted molar refractivity (Wildman–Crippen MR) is 111 cm³/mol. The third kappa shape index (κ3) is 3.94. The zero-order chi connectivity index (χ0) is 21.4. The number of anilines is 1. The lowest BCUT2D eigenvalue weighted by atomic mass is 9.67. The molecule has 1 aliphatic carbocycles. The van der Waals surface area contributed by atoms with Gasteiger partial charge in [0.2, 0.25) is 17.7 Å². The van der Waals surface area contributed by atoms with Crippen LogP contribution >= 0.6 is 0 Å². The summed E-state index contributed by atoms with van der Waals surface area (Å²) in [5.74, 6) is 0.0376. The standard InChI is InChI=1S/C23H30FN3O3/c1-3-18-13(2)19-9-6-16(11-20(19)26-23(18)30)25-22(29)14-10-21(28)27(12-14)17-7-4-15(24)5-8-17/h4-5,7-8,13-14,16,18-20H,3,6,9-12H2,1-2H3,(H,25,29)(H,26,30). The second-order valence-corrected chi connectivity index (χ2v) is 9.05. The Morgan fingerprint density at radius 1 is 1.23 bits per heavy atom. The van der Waals surface area contributed by atoms with Gasteiger partial charge in [-0.15, -0.1) is 0 Å². The second kappa shape index (κ2) is 8.36. The van der Waals surface area contributed by atoms with Gasteiger partial charge in [-0.2, -0.15) is 0 Å². The summed E-state index contributed by atoms with van der Waals surface area (Å²) < 4.78 is 13.2. The maximum atomic E-state index is 13.2. The van der Waals surface area contributed by atoms with Gasteiger partial charge in [0.1, 0.15) is 5.82 Å². The molecule has 6 nitrogen and oxygen atoms in total. The van der Waals surface area contributed by atoms with Crippen molar-refractivity contribution in [3.63, 3.8) is 0 Å². The lowest BCUT2D eigenvalue weighted by Crippen LogP contribution is -2.58. The first-order valence-electron chi connectivity index (χ1n) is 11.0. The van der Waals surface area contributed by atoms with Gasteiger partial charge in [-0.1, -0.05) is 13.8 Å². The number of piperidine rings is 1. The molecule has 6 atom stereocenters. The summed E-state index contributed by atoms with van der Waals surface area (Å²) in [5, 5.41) is 6.30. The number of nitrogens with zero attached hydrogens (tertiary/aromatic N) is 1. The number of halogens is 1. The van der Waals surface area contributed by atoms with Gasteiger partial charge in [-0.05, 0) is 61.8 Å². The van der Waals surface area contributed by atoms with Gasteiger partial charge in [0.05, 0.1) is 5.92 Å². The summed E-state index contributed by atoms with van der Waals surface area (Å²) in [6.07, 6.45) is 3.64. The van der Waals surface area contributed by atoms with Crippen molar-refractivity contribution in [2.24, 2.45) is 23.7 Å². The number of hydrogen-bond donors (Lipinski definition) is 2. The lowest BCUT2D eigenvalue weighted by molar-refractivity contribution is -0.133. The molecule has 0 spiro atoms. The van der Waals surface area contributed by atoms with Gasteiger partial charge in [0.15, 0.2) is 0 Å². The number of nitrogens with one attached hydrogen (secondary N) is 2. The van der Waals surface area contributed by atoms with Crippen molar-refractivity contribution in [3.8, 4) is 0 Å². The molecular formula is C23H30FN3O3. The normalized spacial score (nSPS) is 33.8. The Bertz CT molecular complexity index is 827. The fourth-order valence-corrected chi connectivity index (χ4v) is 5.58. The van der Waals surface area contributed by atoms with Gasteiger partial charge >= 0.3 is 0 Å². The lowest BCUT2D eigenvalue weighted by Gasteiger charge is -2.46. The Hall–Kier alpha value is -2.44. The smallest absolute Gasteiger partial charge is 0.227 e. The van der Waals surface area contributed by atoms with E-state index in [1.807, 2.05) is 0 Å². The average Bonchev–Trinajstić information content (AvgIpc) is 3.10. The second-order valence-electron chi connectivity index (χ2n) is 9.05. The molecular weight excluding hydrogens is 385 g/mol. The molecule has 0 bridgehead atoms.